The van der Waals surface area contributed by atoms with E-state index in [9.17, 15) is 13.6 Å². The van der Waals surface area contributed by atoms with E-state index < -0.39 is 23.6 Å². The van der Waals surface area contributed by atoms with Crippen molar-refractivity contribution < 1.29 is 13.6 Å². The minimum atomic E-state index is -0.675. The van der Waals surface area contributed by atoms with Crippen LogP contribution in [-0.4, -0.2) is 11.9 Å². The normalized spacial score (nSPS) is 12.6. The van der Waals surface area contributed by atoms with Crippen molar-refractivity contribution in [2.45, 2.75) is 39.2 Å². The predicted molar refractivity (Wildman–Crippen MR) is 93.2 cm³/mol. The van der Waals surface area contributed by atoms with Crippen LogP contribution in [0.25, 0.3) is 0 Å². The molecule has 1 atom stereocenters. The first-order chi connectivity index (χ1) is 11.2. The lowest BCUT2D eigenvalue weighted by Gasteiger charge is -2.20. The average Bonchev–Trinajstić information content (AvgIpc) is 2.50. The van der Waals surface area contributed by atoms with Crippen molar-refractivity contribution in [2.75, 3.05) is 10.6 Å². The maximum absolute atomic E-state index is 13.6. The molecule has 0 aliphatic carbocycles. The predicted octanol–water partition coefficient (Wildman–Crippen LogP) is 4.70. The van der Waals surface area contributed by atoms with E-state index >= 15 is 0 Å². The third-order valence-corrected chi connectivity index (χ3v) is 3.71. The number of hydrogen-bond donors (Lipinski definition) is 2. The number of carbonyl (C=O) groups excluding carboxylic acids is 1. The molecule has 0 heterocycles. The highest BCUT2D eigenvalue weighted by atomic mass is 19.1. The van der Waals surface area contributed by atoms with Crippen LogP contribution in [0.3, 0.4) is 0 Å². The minimum Gasteiger partial charge on any atom is -0.374 e. The van der Waals surface area contributed by atoms with Crippen molar-refractivity contribution in [1.82, 2.24) is 0 Å². The molecule has 0 spiro atoms. The van der Waals surface area contributed by atoms with Gasteiger partial charge in [-0.25, -0.2) is 8.78 Å². The molecule has 0 aromatic heterocycles. The van der Waals surface area contributed by atoms with Gasteiger partial charge in [-0.1, -0.05) is 32.9 Å². The molecule has 2 rings (SSSR count). The Hall–Kier alpha value is -2.43. The number of benzene rings is 2. The monoisotopic (exact) mass is 332 g/mol. The molecule has 24 heavy (non-hydrogen) atoms. The molecule has 2 N–H and O–H groups in total. The molecule has 0 fully saturated rings. The van der Waals surface area contributed by atoms with Crippen LogP contribution in [0, 0.1) is 11.6 Å². The number of carbonyl (C=O) groups is 1. The van der Waals surface area contributed by atoms with Crippen LogP contribution in [0.4, 0.5) is 20.2 Å². The summed E-state index contributed by atoms with van der Waals surface area (Å²) in [6, 6.07) is 10.1. The Bertz CT molecular complexity index is 721. The molecule has 0 radical (unpaired) electrons. The SMILES string of the molecule is CC(Nc1ccc(C(C)(C)C)cc1)C(=O)Nc1cc(F)ccc1F. The fraction of sp³-hybridized carbons (Fsp3) is 0.316. The van der Waals surface area contributed by atoms with E-state index in [-0.39, 0.29) is 11.1 Å². The smallest absolute Gasteiger partial charge is 0.246 e. The molecule has 0 saturated heterocycles. The Morgan fingerprint density at radius 3 is 2.25 bits per heavy atom. The van der Waals surface area contributed by atoms with Crippen LogP contribution in [0.1, 0.15) is 33.3 Å². The summed E-state index contributed by atoms with van der Waals surface area (Å²) in [6.07, 6.45) is 0. The molecule has 2 aromatic rings. The fourth-order valence-electron chi connectivity index (χ4n) is 2.22. The Balaban J connectivity index is 2.02. The van der Waals surface area contributed by atoms with Crippen molar-refractivity contribution in [2.24, 2.45) is 0 Å². The van der Waals surface area contributed by atoms with Crippen LogP contribution in [-0.2, 0) is 10.2 Å². The molecule has 0 bridgehead atoms. The highest BCUT2D eigenvalue weighted by molar-refractivity contribution is 5.96. The van der Waals surface area contributed by atoms with Crippen molar-refractivity contribution in [1.29, 1.82) is 0 Å². The molecule has 128 valence electrons. The zero-order chi connectivity index (χ0) is 17.9. The van der Waals surface area contributed by atoms with Gasteiger partial charge in [0.2, 0.25) is 5.91 Å². The summed E-state index contributed by atoms with van der Waals surface area (Å²) in [5.74, 6) is -1.73. The minimum absolute atomic E-state index is 0.0520. The summed E-state index contributed by atoms with van der Waals surface area (Å²) >= 11 is 0. The third kappa shape index (κ3) is 4.54. The summed E-state index contributed by atoms with van der Waals surface area (Å²) in [5.41, 5.74) is 1.85. The van der Waals surface area contributed by atoms with Crippen LogP contribution >= 0.6 is 0 Å². The first-order valence-corrected chi connectivity index (χ1v) is 7.80. The van der Waals surface area contributed by atoms with Gasteiger partial charge in [-0.15, -0.1) is 0 Å². The first-order valence-electron chi connectivity index (χ1n) is 7.80. The lowest BCUT2D eigenvalue weighted by atomic mass is 9.87. The van der Waals surface area contributed by atoms with E-state index in [1.54, 1.807) is 6.92 Å². The third-order valence-electron chi connectivity index (χ3n) is 3.71. The highest BCUT2D eigenvalue weighted by Gasteiger charge is 2.16. The maximum atomic E-state index is 13.6. The Morgan fingerprint density at radius 2 is 1.67 bits per heavy atom. The number of rotatable bonds is 4. The highest BCUT2D eigenvalue weighted by Crippen LogP contribution is 2.24. The van der Waals surface area contributed by atoms with E-state index in [4.69, 9.17) is 0 Å². The van der Waals surface area contributed by atoms with E-state index in [0.717, 1.165) is 23.9 Å². The van der Waals surface area contributed by atoms with Gasteiger partial charge >= 0.3 is 0 Å². The molecule has 0 aliphatic rings. The van der Waals surface area contributed by atoms with Gasteiger partial charge in [0.1, 0.15) is 17.7 Å². The second-order valence-corrected chi connectivity index (χ2v) is 6.81. The second-order valence-electron chi connectivity index (χ2n) is 6.81. The van der Waals surface area contributed by atoms with Crippen LogP contribution in [0.5, 0.6) is 0 Å². The zero-order valence-corrected chi connectivity index (χ0v) is 14.3. The molecule has 0 saturated carbocycles. The number of anilines is 2. The van der Waals surface area contributed by atoms with Gasteiger partial charge in [0.05, 0.1) is 5.69 Å². The summed E-state index contributed by atoms with van der Waals surface area (Å²) in [4.78, 5) is 12.1. The van der Waals surface area contributed by atoms with Gasteiger partial charge in [-0.3, -0.25) is 4.79 Å². The van der Waals surface area contributed by atoms with Crippen molar-refractivity contribution in [3.8, 4) is 0 Å². The molecule has 5 heteroatoms. The van der Waals surface area contributed by atoms with E-state index in [2.05, 4.69) is 31.4 Å². The number of halogens is 2. The summed E-state index contributed by atoms with van der Waals surface area (Å²) in [6.45, 7) is 8.03. The quantitative estimate of drug-likeness (QED) is 0.852. The number of nitrogens with one attached hydrogen (secondary N) is 2. The van der Waals surface area contributed by atoms with Gasteiger partial charge in [-0.05, 0) is 42.2 Å². The van der Waals surface area contributed by atoms with E-state index in [0.29, 0.717) is 0 Å². The molecule has 0 aliphatic heterocycles. The van der Waals surface area contributed by atoms with Gasteiger partial charge in [0.25, 0.3) is 0 Å². The number of amides is 1. The van der Waals surface area contributed by atoms with Crippen LogP contribution in [0.2, 0.25) is 0 Å². The summed E-state index contributed by atoms with van der Waals surface area (Å²) in [5, 5.41) is 5.44. The standard InChI is InChI=1S/C19H22F2N2O/c1-12(18(24)23-17-11-14(20)7-10-16(17)21)22-15-8-5-13(6-9-15)19(2,3)4/h5-12,22H,1-4H3,(H,23,24). The molecule has 1 amide bonds. The zero-order valence-electron chi connectivity index (χ0n) is 14.3. The van der Waals surface area contributed by atoms with Crippen molar-refractivity contribution >= 4 is 17.3 Å². The average molecular weight is 332 g/mol. The first kappa shape index (κ1) is 17.9. The van der Waals surface area contributed by atoms with Gasteiger partial charge < -0.3 is 10.6 Å². The Morgan fingerprint density at radius 1 is 1.04 bits per heavy atom. The molecular weight excluding hydrogens is 310 g/mol. The molecule has 2 aromatic carbocycles. The van der Waals surface area contributed by atoms with E-state index in [1.165, 1.54) is 5.56 Å². The molecular formula is C19H22F2N2O. The molecule has 3 nitrogen and oxygen atoms in total. The maximum Gasteiger partial charge on any atom is 0.246 e. The topological polar surface area (TPSA) is 41.1 Å². The number of hydrogen-bond acceptors (Lipinski definition) is 2. The lowest BCUT2D eigenvalue weighted by Crippen LogP contribution is -2.32. The lowest BCUT2D eigenvalue weighted by molar-refractivity contribution is -0.116. The second kappa shape index (κ2) is 6.99. The van der Waals surface area contributed by atoms with Crippen molar-refractivity contribution in [3.05, 3.63) is 59.7 Å². The van der Waals surface area contributed by atoms with Crippen LogP contribution in [0.15, 0.2) is 42.5 Å². The molecule has 1 unspecified atom stereocenters. The Labute approximate surface area is 141 Å². The van der Waals surface area contributed by atoms with E-state index in [1.807, 2.05) is 24.3 Å². The van der Waals surface area contributed by atoms with Crippen LogP contribution < -0.4 is 10.6 Å². The fourth-order valence-corrected chi connectivity index (χ4v) is 2.22. The summed E-state index contributed by atoms with van der Waals surface area (Å²) < 4.78 is 26.7. The summed E-state index contributed by atoms with van der Waals surface area (Å²) in [7, 11) is 0. The Kier molecular flexibility index (Phi) is 5.22. The largest absolute Gasteiger partial charge is 0.374 e. The van der Waals surface area contributed by atoms with Crippen molar-refractivity contribution in [3.63, 3.8) is 0 Å². The van der Waals surface area contributed by atoms with Gasteiger partial charge in [0.15, 0.2) is 0 Å². The van der Waals surface area contributed by atoms with Gasteiger partial charge in [-0.2, -0.15) is 0 Å². The van der Waals surface area contributed by atoms with Gasteiger partial charge in [0, 0.05) is 11.8 Å².